The fraction of sp³-hybridized carbons (Fsp3) is 0.250. The molecule has 0 aliphatic carbocycles. The lowest BCUT2D eigenvalue weighted by molar-refractivity contribution is 0.0605. The number of ketones is 1. The van der Waals surface area contributed by atoms with Gasteiger partial charge in [-0.25, -0.2) is 9.18 Å². The monoisotopic (exact) mass is 410 g/mol. The average molecular weight is 411 g/mol. The molecule has 0 spiro atoms. The van der Waals surface area contributed by atoms with Crippen molar-refractivity contribution in [2.45, 2.75) is 33.1 Å². The third-order valence-corrected chi connectivity index (χ3v) is 6.17. The van der Waals surface area contributed by atoms with E-state index in [9.17, 15) is 14.0 Å². The maximum absolute atomic E-state index is 14.1. The molecule has 0 atom stereocenters. The van der Waals surface area contributed by atoms with Crippen LogP contribution < -0.4 is 0 Å². The largest absolute Gasteiger partial charge is 0.465 e. The van der Waals surface area contributed by atoms with Crippen molar-refractivity contribution in [2.24, 2.45) is 0 Å². The van der Waals surface area contributed by atoms with E-state index in [4.69, 9.17) is 4.74 Å². The molecule has 5 heteroatoms. The van der Waals surface area contributed by atoms with E-state index in [0.29, 0.717) is 40.8 Å². The van der Waals surface area contributed by atoms with Crippen molar-refractivity contribution in [3.8, 4) is 10.4 Å². The minimum absolute atomic E-state index is 0.0838. The quantitative estimate of drug-likeness (QED) is 0.346. The van der Waals surface area contributed by atoms with Gasteiger partial charge in [0.2, 0.25) is 0 Å². The van der Waals surface area contributed by atoms with Crippen molar-refractivity contribution >= 4 is 23.1 Å². The zero-order chi connectivity index (χ0) is 21.0. The average Bonchev–Trinajstić information content (AvgIpc) is 3.16. The highest BCUT2D eigenvalue weighted by atomic mass is 32.1. The number of hydrogen-bond donors (Lipinski definition) is 0. The first-order valence-electron chi connectivity index (χ1n) is 9.47. The van der Waals surface area contributed by atoms with Crippen LogP contribution in [0.2, 0.25) is 0 Å². The van der Waals surface area contributed by atoms with Crippen LogP contribution in [-0.4, -0.2) is 18.9 Å². The molecule has 3 rings (SSSR count). The van der Waals surface area contributed by atoms with E-state index in [2.05, 4.69) is 0 Å². The van der Waals surface area contributed by atoms with Crippen LogP contribution in [0.1, 0.15) is 49.6 Å². The number of aryl methyl sites for hydroxylation is 2. The molecule has 0 N–H and O–H groups in total. The molecule has 1 aromatic heterocycles. The molecule has 150 valence electrons. The van der Waals surface area contributed by atoms with Gasteiger partial charge in [-0.3, -0.25) is 4.79 Å². The highest BCUT2D eigenvalue weighted by Gasteiger charge is 2.19. The molecule has 0 unspecified atom stereocenters. The molecule has 3 nitrogen and oxygen atoms in total. The molecule has 0 saturated carbocycles. The number of Topliss-reactive ketones (excluding diaryl/α,β-unsaturated/α-hetero) is 1. The summed E-state index contributed by atoms with van der Waals surface area (Å²) < 4.78 is 19.0. The molecule has 29 heavy (non-hydrogen) atoms. The van der Waals surface area contributed by atoms with Crippen LogP contribution in [0.15, 0.2) is 48.5 Å². The van der Waals surface area contributed by atoms with E-state index in [1.807, 2.05) is 36.4 Å². The Hall–Kier alpha value is -2.79. The van der Waals surface area contributed by atoms with Crippen LogP contribution >= 0.6 is 11.3 Å². The Balaban J connectivity index is 1.75. The van der Waals surface area contributed by atoms with Crippen molar-refractivity contribution in [3.05, 3.63) is 81.5 Å². The second-order valence-electron chi connectivity index (χ2n) is 6.97. The Bertz CT molecular complexity index is 1040. The summed E-state index contributed by atoms with van der Waals surface area (Å²) in [6.07, 6.45) is 1.44. The number of thiophene rings is 1. The zero-order valence-corrected chi connectivity index (χ0v) is 17.6. The summed E-state index contributed by atoms with van der Waals surface area (Å²) in [5, 5.41) is 0. The second-order valence-corrected chi connectivity index (χ2v) is 8.02. The summed E-state index contributed by atoms with van der Waals surface area (Å²) in [6.45, 7) is 3.32. The third-order valence-electron chi connectivity index (χ3n) is 4.97. The topological polar surface area (TPSA) is 43.4 Å². The molecule has 2 aromatic carbocycles. The summed E-state index contributed by atoms with van der Waals surface area (Å²) in [7, 11) is 1.37. The Morgan fingerprint density at radius 2 is 1.79 bits per heavy atom. The van der Waals surface area contributed by atoms with Gasteiger partial charge in [-0.15, -0.1) is 11.3 Å². The van der Waals surface area contributed by atoms with Crippen LogP contribution in [0.25, 0.3) is 10.4 Å². The van der Waals surface area contributed by atoms with Gasteiger partial charge in [-0.1, -0.05) is 42.5 Å². The van der Waals surface area contributed by atoms with E-state index in [0.717, 1.165) is 16.0 Å². The number of halogens is 1. The SMILES string of the molecule is COC(=O)c1sc(-c2ccccc2)cc1CCCC(=O)c1ccc(C)c(F)c1C. The number of hydrogen-bond acceptors (Lipinski definition) is 4. The Labute approximate surface area is 174 Å². The number of esters is 1. The number of benzene rings is 2. The van der Waals surface area contributed by atoms with E-state index in [1.165, 1.54) is 18.4 Å². The highest BCUT2D eigenvalue weighted by molar-refractivity contribution is 7.17. The first-order valence-corrected chi connectivity index (χ1v) is 10.3. The van der Waals surface area contributed by atoms with Crippen molar-refractivity contribution in [1.82, 2.24) is 0 Å². The molecule has 0 fully saturated rings. The molecule has 1 heterocycles. The van der Waals surface area contributed by atoms with Gasteiger partial charge in [-0.05, 0) is 55.0 Å². The number of methoxy groups -OCH3 is 1. The van der Waals surface area contributed by atoms with Gasteiger partial charge in [0.1, 0.15) is 10.7 Å². The van der Waals surface area contributed by atoms with Gasteiger partial charge >= 0.3 is 5.97 Å². The molecule has 0 saturated heterocycles. The van der Waals surface area contributed by atoms with Gasteiger partial charge in [0, 0.05) is 16.9 Å². The number of rotatable bonds is 7. The van der Waals surface area contributed by atoms with Gasteiger partial charge in [-0.2, -0.15) is 0 Å². The zero-order valence-electron chi connectivity index (χ0n) is 16.8. The fourth-order valence-electron chi connectivity index (χ4n) is 3.32. The van der Waals surface area contributed by atoms with Crippen LogP contribution in [0, 0.1) is 19.7 Å². The van der Waals surface area contributed by atoms with Gasteiger partial charge in [0.05, 0.1) is 7.11 Å². The summed E-state index contributed by atoms with van der Waals surface area (Å²) in [6, 6.07) is 15.2. The molecule has 0 radical (unpaired) electrons. The second kappa shape index (κ2) is 9.14. The first kappa shape index (κ1) is 20.9. The van der Waals surface area contributed by atoms with Gasteiger partial charge < -0.3 is 4.74 Å². The van der Waals surface area contributed by atoms with Crippen LogP contribution in [0.4, 0.5) is 4.39 Å². The van der Waals surface area contributed by atoms with E-state index in [-0.39, 0.29) is 17.6 Å². The standard InChI is InChI=1S/C24H23FO3S/c1-15-12-13-19(16(2)22(15)25)20(26)11-7-10-18-14-21(17-8-5-4-6-9-17)29-23(18)24(27)28-3/h4-6,8-9,12-14H,7,10-11H2,1-3H3. The lowest BCUT2D eigenvalue weighted by Crippen LogP contribution is -2.06. The number of carbonyl (C=O) groups is 2. The molecular weight excluding hydrogens is 387 g/mol. The lowest BCUT2D eigenvalue weighted by atomic mass is 9.97. The maximum atomic E-state index is 14.1. The maximum Gasteiger partial charge on any atom is 0.348 e. The van der Waals surface area contributed by atoms with Crippen LogP contribution in [0.5, 0.6) is 0 Å². The predicted molar refractivity (Wildman–Crippen MR) is 114 cm³/mol. The Morgan fingerprint density at radius 1 is 1.07 bits per heavy atom. The smallest absolute Gasteiger partial charge is 0.348 e. The summed E-state index contributed by atoms with van der Waals surface area (Å²) in [4.78, 5) is 26.3. The molecular formula is C24H23FO3S. The lowest BCUT2D eigenvalue weighted by Gasteiger charge is -2.08. The van der Waals surface area contributed by atoms with E-state index in [1.54, 1.807) is 26.0 Å². The molecule has 0 amide bonds. The normalized spacial score (nSPS) is 10.8. The predicted octanol–water partition coefficient (Wildman–Crippen LogP) is 6.16. The van der Waals surface area contributed by atoms with Crippen molar-refractivity contribution in [2.75, 3.05) is 7.11 Å². The third kappa shape index (κ3) is 4.62. The summed E-state index contributed by atoms with van der Waals surface area (Å²) >= 11 is 1.40. The molecule has 0 bridgehead atoms. The Kier molecular flexibility index (Phi) is 6.60. The van der Waals surface area contributed by atoms with E-state index < -0.39 is 0 Å². The number of ether oxygens (including phenoxy) is 1. The molecule has 0 aliphatic heterocycles. The van der Waals surface area contributed by atoms with Gasteiger partial charge in [0.25, 0.3) is 0 Å². The first-order chi connectivity index (χ1) is 13.9. The van der Waals surface area contributed by atoms with Crippen molar-refractivity contribution in [3.63, 3.8) is 0 Å². The van der Waals surface area contributed by atoms with E-state index >= 15 is 0 Å². The minimum atomic E-state index is -0.366. The minimum Gasteiger partial charge on any atom is -0.465 e. The van der Waals surface area contributed by atoms with Crippen molar-refractivity contribution in [1.29, 1.82) is 0 Å². The Morgan fingerprint density at radius 3 is 2.48 bits per heavy atom. The summed E-state index contributed by atoms with van der Waals surface area (Å²) in [5.41, 5.74) is 3.27. The highest BCUT2D eigenvalue weighted by Crippen LogP contribution is 2.33. The fourth-order valence-corrected chi connectivity index (χ4v) is 4.46. The van der Waals surface area contributed by atoms with Crippen molar-refractivity contribution < 1.29 is 18.7 Å². The van der Waals surface area contributed by atoms with Crippen LogP contribution in [-0.2, 0) is 11.2 Å². The number of carbonyl (C=O) groups excluding carboxylic acids is 2. The summed E-state index contributed by atoms with van der Waals surface area (Å²) in [5.74, 6) is -0.774. The molecule has 0 aliphatic rings. The molecule has 3 aromatic rings. The van der Waals surface area contributed by atoms with Gasteiger partial charge in [0.15, 0.2) is 5.78 Å². The van der Waals surface area contributed by atoms with Crippen LogP contribution in [0.3, 0.4) is 0 Å².